The van der Waals surface area contributed by atoms with Gasteiger partial charge in [-0.2, -0.15) is 8.42 Å². The van der Waals surface area contributed by atoms with Crippen LogP contribution < -0.4 is 0 Å². The average Bonchev–Trinajstić information content (AvgIpc) is 2.63. The summed E-state index contributed by atoms with van der Waals surface area (Å²) in [5.74, 6) is -0.245. The number of nitrogens with zero attached hydrogens (tertiary/aromatic N) is 1. The van der Waals surface area contributed by atoms with Gasteiger partial charge in [-0.3, -0.25) is 9.35 Å². The molecule has 166 valence electrons. The molecule has 0 aromatic carbocycles. The van der Waals surface area contributed by atoms with Crippen LogP contribution in [0.3, 0.4) is 0 Å². The number of carbonyl (C=O) groups is 1. The molecule has 0 aliphatic rings. The van der Waals surface area contributed by atoms with E-state index in [1.807, 2.05) is 0 Å². The quantitative estimate of drug-likeness (QED) is 0.165. The van der Waals surface area contributed by atoms with Gasteiger partial charge in [0.05, 0.1) is 5.75 Å². The van der Waals surface area contributed by atoms with E-state index < -0.39 is 10.1 Å². The normalized spacial score (nSPS) is 12.0. The number of hydrogen-bond acceptors (Lipinski definition) is 3. The molecule has 0 rings (SSSR count). The first-order valence-corrected chi connectivity index (χ1v) is 12.8. The molecule has 0 atom stereocenters. The Morgan fingerprint density at radius 2 is 1.32 bits per heavy atom. The monoisotopic (exact) mass is 417 g/mol. The Hall–Kier alpha value is -0.880. The molecule has 5 nitrogen and oxygen atoms in total. The highest BCUT2D eigenvalue weighted by Gasteiger charge is 2.10. The van der Waals surface area contributed by atoms with Gasteiger partial charge in [0.15, 0.2) is 0 Å². The van der Waals surface area contributed by atoms with Gasteiger partial charge in [0.2, 0.25) is 5.91 Å². The number of hydrogen-bond donors (Lipinski definition) is 1. The Morgan fingerprint density at radius 1 is 0.821 bits per heavy atom. The van der Waals surface area contributed by atoms with Gasteiger partial charge in [-0.15, -0.1) is 0 Å². The van der Waals surface area contributed by atoms with E-state index in [0.717, 1.165) is 25.7 Å². The molecule has 0 fully saturated rings. The zero-order valence-electron chi connectivity index (χ0n) is 18.2. The molecular formula is C22H43NO4S. The molecule has 1 amide bonds. The molecule has 28 heavy (non-hydrogen) atoms. The zero-order chi connectivity index (χ0) is 21.1. The van der Waals surface area contributed by atoms with Crippen LogP contribution in [-0.4, -0.2) is 43.1 Å². The van der Waals surface area contributed by atoms with Crippen LogP contribution in [0, 0.1) is 0 Å². The standard InChI is InChI=1S/C22H43NO4S/c1-3-4-5-6-7-8-9-10-11-12-13-14-15-16-17-19-22(24)23(2)20-18-21-28(25,26)27/h10-11H,3-9,12-21H2,1-2H3,(H,25,26,27)/b11-10-. The number of carbonyl (C=O) groups excluding carboxylic acids is 1. The number of rotatable bonds is 19. The largest absolute Gasteiger partial charge is 0.346 e. The van der Waals surface area contributed by atoms with Crippen LogP contribution >= 0.6 is 0 Å². The van der Waals surface area contributed by atoms with E-state index in [1.54, 1.807) is 11.9 Å². The first-order valence-electron chi connectivity index (χ1n) is 11.2. The van der Waals surface area contributed by atoms with Gasteiger partial charge >= 0.3 is 0 Å². The molecular weight excluding hydrogens is 374 g/mol. The second kappa shape index (κ2) is 18.2. The summed E-state index contributed by atoms with van der Waals surface area (Å²) in [5, 5.41) is 0. The highest BCUT2D eigenvalue weighted by Crippen LogP contribution is 2.10. The van der Waals surface area contributed by atoms with Gasteiger partial charge in [0.1, 0.15) is 0 Å². The Bertz CT molecular complexity index is 503. The van der Waals surface area contributed by atoms with E-state index in [1.165, 1.54) is 57.8 Å². The first kappa shape index (κ1) is 27.1. The predicted molar refractivity (Wildman–Crippen MR) is 118 cm³/mol. The van der Waals surface area contributed by atoms with Crippen LogP contribution in [0.5, 0.6) is 0 Å². The van der Waals surface area contributed by atoms with Crippen molar-refractivity contribution < 1.29 is 17.8 Å². The summed E-state index contributed by atoms with van der Waals surface area (Å²) in [6.45, 7) is 2.62. The number of unbranched alkanes of at least 4 members (excludes halogenated alkanes) is 11. The topological polar surface area (TPSA) is 74.7 Å². The van der Waals surface area contributed by atoms with Crippen molar-refractivity contribution in [1.82, 2.24) is 4.90 Å². The lowest BCUT2D eigenvalue weighted by Crippen LogP contribution is -2.28. The maximum absolute atomic E-state index is 11.9. The van der Waals surface area contributed by atoms with Gasteiger partial charge < -0.3 is 4.90 Å². The van der Waals surface area contributed by atoms with E-state index in [-0.39, 0.29) is 18.1 Å². The third kappa shape index (κ3) is 19.9. The van der Waals surface area contributed by atoms with Gasteiger partial charge in [-0.05, 0) is 38.5 Å². The van der Waals surface area contributed by atoms with E-state index in [9.17, 15) is 13.2 Å². The highest BCUT2D eigenvalue weighted by molar-refractivity contribution is 7.85. The number of allylic oxidation sites excluding steroid dienone is 2. The molecule has 0 aromatic rings. The first-order chi connectivity index (χ1) is 13.4. The minimum atomic E-state index is -3.93. The third-order valence-electron chi connectivity index (χ3n) is 4.97. The fraction of sp³-hybridized carbons (Fsp3) is 0.864. The van der Waals surface area contributed by atoms with Crippen molar-refractivity contribution in [2.24, 2.45) is 0 Å². The Balaban J connectivity index is 3.42. The smallest absolute Gasteiger partial charge is 0.264 e. The van der Waals surface area contributed by atoms with Gasteiger partial charge in [0.25, 0.3) is 10.1 Å². The van der Waals surface area contributed by atoms with Gasteiger partial charge in [-0.25, -0.2) is 0 Å². The van der Waals surface area contributed by atoms with Crippen molar-refractivity contribution in [3.8, 4) is 0 Å². The highest BCUT2D eigenvalue weighted by atomic mass is 32.2. The molecule has 0 heterocycles. The van der Waals surface area contributed by atoms with E-state index in [2.05, 4.69) is 19.1 Å². The van der Waals surface area contributed by atoms with Crippen LogP contribution in [0.15, 0.2) is 12.2 Å². The molecule has 0 saturated heterocycles. The van der Waals surface area contributed by atoms with Crippen molar-refractivity contribution in [2.45, 2.75) is 103 Å². The lowest BCUT2D eigenvalue weighted by Gasteiger charge is -2.16. The summed E-state index contributed by atoms with van der Waals surface area (Å²) in [6.07, 6.45) is 21.5. The maximum atomic E-state index is 11.9. The van der Waals surface area contributed by atoms with Crippen LogP contribution in [0.2, 0.25) is 0 Å². The lowest BCUT2D eigenvalue weighted by atomic mass is 10.1. The minimum Gasteiger partial charge on any atom is -0.346 e. The molecule has 6 heteroatoms. The summed E-state index contributed by atoms with van der Waals surface area (Å²) >= 11 is 0. The SMILES string of the molecule is CCCCCCCC/C=C\CCCCCCCC(=O)N(C)CCCS(=O)(=O)O. The van der Waals surface area contributed by atoms with Gasteiger partial charge in [0, 0.05) is 20.0 Å². The Morgan fingerprint density at radius 3 is 1.86 bits per heavy atom. The van der Waals surface area contributed by atoms with E-state index in [4.69, 9.17) is 4.55 Å². The molecule has 0 spiro atoms. The zero-order valence-corrected chi connectivity index (χ0v) is 19.0. The van der Waals surface area contributed by atoms with Crippen molar-refractivity contribution >= 4 is 16.0 Å². The number of amides is 1. The maximum Gasteiger partial charge on any atom is 0.264 e. The van der Waals surface area contributed by atoms with Crippen LogP contribution in [0.4, 0.5) is 0 Å². The Kier molecular flexibility index (Phi) is 17.6. The predicted octanol–water partition coefficient (Wildman–Crippen LogP) is 5.76. The van der Waals surface area contributed by atoms with Crippen molar-refractivity contribution in [2.75, 3.05) is 19.3 Å². The molecule has 0 unspecified atom stereocenters. The summed E-state index contributed by atoms with van der Waals surface area (Å²) in [5.41, 5.74) is 0. The van der Waals surface area contributed by atoms with Crippen molar-refractivity contribution in [1.29, 1.82) is 0 Å². The molecule has 1 N–H and O–H groups in total. The third-order valence-corrected chi connectivity index (χ3v) is 5.78. The lowest BCUT2D eigenvalue weighted by molar-refractivity contribution is -0.130. The molecule has 0 saturated carbocycles. The Labute approximate surface area is 173 Å². The fourth-order valence-corrected chi connectivity index (χ4v) is 3.64. The molecule has 0 bridgehead atoms. The second-order valence-electron chi connectivity index (χ2n) is 7.79. The molecule has 0 aliphatic heterocycles. The summed E-state index contributed by atoms with van der Waals surface area (Å²) < 4.78 is 30.0. The average molecular weight is 418 g/mol. The van der Waals surface area contributed by atoms with Crippen LogP contribution in [0.1, 0.15) is 103 Å². The van der Waals surface area contributed by atoms with Crippen molar-refractivity contribution in [3.05, 3.63) is 12.2 Å². The minimum absolute atomic E-state index is 0.0490. The van der Waals surface area contributed by atoms with Crippen LogP contribution in [0.25, 0.3) is 0 Å². The van der Waals surface area contributed by atoms with E-state index in [0.29, 0.717) is 13.0 Å². The van der Waals surface area contributed by atoms with Crippen LogP contribution in [-0.2, 0) is 14.9 Å². The van der Waals surface area contributed by atoms with Gasteiger partial charge in [-0.1, -0.05) is 70.4 Å². The summed E-state index contributed by atoms with van der Waals surface area (Å²) in [4.78, 5) is 13.5. The molecule has 0 radical (unpaired) electrons. The summed E-state index contributed by atoms with van der Waals surface area (Å²) in [7, 11) is -2.25. The molecule has 0 aromatic heterocycles. The van der Waals surface area contributed by atoms with Crippen molar-refractivity contribution in [3.63, 3.8) is 0 Å². The van der Waals surface area contributed by atoms with E-state index >= 15 is 0 Å². The second-order valence-corrected chi connectivity index (χ2v) is 9.36. The molecule has 0 aliphatic carbocycles. The summed E-state index contributed by atoms with van der Waals surface area (Å²) in [6, 6.07) is 0. The fourth-order valence-electron chi connectivity index (χ4n) is 3.15.